The van der Waals surface area contributed by atoms with Crippen LogP contribution in [0, 0.1) is 6.33 Å². The number of benzene rings is 13. The highest BCUT2D eigenvalue weighted by atomic mass is 28.3. The zero-order valence-electron chi connectivity index (χ0n) is 54.8. The standard InChI is InChI=1S/C90H68N4OSi2/c1-90(2,3)62-52-53-91-88(56-62)94-80-43-15-10-36-74(80)75-51-50-65(58-83(75)94)95-64-29-24-28-63(57-64)92-59-93(82-45-17-16-44-81(82)92)89-68(60-26-22-30-66(54-60)96(4)84-46-18-11-37-76(84)70-32-6-7-33-71(70)77-38-12-19-47-85(77)96)41-25-42-69(89)61-27-23-31-67(55-61)97(5)86-48-20-13-39-78(86)72-34-8-9-35-73(72)79-40-14-21-49-87(79)97/h6-58H,1-5H3. The number of nitrogens with zero attached hydrogens (tertiary/aromatic N) is 4. The predicted octanol–water partition coefficient (Wildman–Crippen LogP) is 18.1. The Bertz CT molecular complexity index is 5530. The van der Waals surface area contributed by atoms with E-state index in [1.807, 2.05) is 12.3 Å². The van der Waals surface area contributed by atoms with E-state index in [4.69, 9.17) is 9.72 Å². The molecule has 0 fully saturated rings. The maximum Gasteiger partial charge on any atom is 0.269 e. The number of hydrogen-bond acceptors (Lipinski definition) is 2. The lowest BCUT2D eigenvalue weighted by atomic mass is 9.88. The Morgan fingerprint density at radius 3 is 1.36 bits per heavy atom. The van der Waals surface area contributed by atoms with Gasteiger partial charge in [0.05, 0.1) is 33.4 Å². The zero-order valence-corrected chi connectivity index (χ0v) is 56.8. The van der Waals surface area contributed by atoms with Gasteiger partial charge in [-0.3, -0.25) is 13.7 Å². The maximum absolute atomic E-state index is 6.99. The van der Waals surface area contributed by atoms with Crippen molar-refractivity contribution in [1.82, 2.24) is 14.1 Å². The molecule has 0 unspecified atom stereocenters. The molecule has 2 aliphatic rings. The number of rotatable bonds is 9. The molecule has 0 atom stereocenters. The van der Waals surface area contributed by atoms with E-state index in [2.05, 4.69) is 363 Å². The largest absolute Gasteiger partial charge is 0.458 e. The molecule has 0 saturated heterocycles. The van der Waals surface area contributed by atoms with E-state index in [1.54, 1.807) is 0 Å². The highest BCUT2D eigenvalue weighted by Gasteiger charge is 2.43. The minimum Gasteiger partial charge on any atom is -0.458 e. The van der Waals surface area contributed by atoms with Crippen LogP contribution in [0.3, 0.4) is 0 Å². The number of para-hydroxylation sites is 4. The molecule has 16 aromatic rings. The summed E-state index contributed by atoms with van der Waals surface area (Å²) in [4.78, 5) is 4.97. The van der Waals surface area contributed by atoms with Crippen molar-refractivity contribution in [3.8, 4) is 95.5 Å². The van der Waals surface area contributed by atoms with Gasteiger partial charge in [0.15, 0.2) is 0 Å². The van der Waals surface area contributed by atoms with Gasteiger partial charge in [-0.1, -0.05) is 295 Å². The molecule has 0 aliphatic carbocycles. The molecule has 462 valence electrons. The van der Waals surface area contributed by atoms with Gasteiger partial charge in [-0.15, -0.1) is 0 Å². The summed E-state index contributed by atoms with van der Waals surface area (Å²) in [5, 5.41) is 10.7. The maximum atomic E-state index is 6.99. The van der Waals surface area contributed by atoms with Crippen molar-refractivity contribution in [1.29, 1.82) is 0 Å². The minimum atomic E-state index is -2.76. The highest BCUT2D eigenvalue weighted by molar-refractivity contribution is 7.12. The Morgan fingerprint density at radius 2 is 0.814 bits per heavy atom. The molecule has 0 amide bonds. The first kappa shape index (κ1) is 58.1. The number of aromatic nitrogens is 4. The summed E-state index contributed by atoms with van der Waals surface area (Å²) in [5.74, 6) is 2.32. The third-order valence-corrected chi connectivity index (χ3v) is 30.0. The lowest BCUT2D eigenvalue weighted by Gasteiger charge is -2.32. The summed E-state index contributed by atoms with van der Waals surface area (Å²) in [7, 11) is -5.52. The van der Waals surface area contributed by atoms with Crippen molar-refractivity contribution in [3.05, 3.63) is 334 Å². The summed E-state index contributed by atoms with van der Waals surface area (Å²) >= 11 is 0. The van der Waals surface area contributed by atoms with Crippen LogP contribution in [-0.2, 0) is 5.41 Å². The van der Waals surface area contributed by atoms with Gasteiger partial charge in [0.2, 0.25) is 0 Å². The molecule has 0 spiro atoms. The first-order chi connectivity index (χ1) is 47.5. The van der Waals surface area contributed by atoms with Crippen LogP contribution in [0.4, 0.5) is 0 Å². The Labute approximate surface area is 568 Å². The molecule has 0 saturated carbocycles. The number of ether oxygens (including phenoxy) is 1. The Balaban J connectivity index is 0.820. The van der Waals surface area contributed by atoms with Gasteiger partial charge in [-0.25, -0.2) is 4.98 Å². The van der Waals surface area contributed by atoms with E-state index >= 15 is 0 Å². The van der Waals surface area contributed by atoms with Crippen molar-refractivity contribution < 1.29 is 9.30 Å². The zero-order chi connectivity index (χ0) is 65.2. The van der Waals surface area contributed by atoms with Crippen LogP contribution >= 0.6 is 0 Å². The fourth-order valence-electron chi connectivity index (χ4n) is 16.2. The fourth-order valence-corrected chi connectivity index (χ4v) is 24.5. The van der Waals surface area contributed by atoms with Gasteiger partial charge in [-0.2, -0.15) is 0 Å². The van der Waals surface area contributed by atoms with Gasteiger partial charge in [0, 0.05) is 23.0 Å². The highest BCUT2D eigenvalue weighted by Crippen LogP contribution is 2.42. The van der Waals surface area contributed by atoms with E-state index in [1.165, 1.54) is 86.6 Å². The van der Waals surface area contributed by atoms with Crippen LogP contribution in [-0.4, -0.2) is 30.3 Å². The van der Waals surface area contributed by atoms with E-state index in [0.717, 1.165) is 72.6 Å². The lowest BCUT2D eigenvalue weighted by molar-refractivity contribution is -0.571. The molecule has 0 radical (unpaired) electrons. The van der Waals surface area contributed by atoms with Crippen LogP contribution in [0.15, 0.2) is 322 Å². The molecule has 0 bridgehead atoms. The van der Waals surface area contributed by atoms with Crippen LogP contribution in [0.25, 0.3) is 117 Å². The van der Waals surface area contributed by atoms with Gasteiger partial charge in [0.25, 0.3) is 6.33 Å². The van der Waals surface area contributed by atoms with Crippen molar-refractivity contribution in [3.63, 3.8) is 0 Å². The Morgan fingerprint density at radius 1 is 0.371 bits per heavy atom. The average molecular weight is 1280 g/mol. The third-order valence-electron chi connectivity index (χ3n) is 21.0. The smallest absolute Gasteiger partial charge is 0.269 e. The molecular weight excluding hydrogens is 1210 g/mol. The quantitative estimate of drug-likeness (QED) is 0.0820. The first-order valence-electron chi connectivity index (χ1n) is 33.7. The molecular formula is C90H68N4OSi2. The monoisotopic (exact) mass is 1280 g/mol. The van der Waals surface area contributed by atoms with E-state index < -0.39 is 16.1 Å². The van der Waals surface area contributed by atoms with Crippen molar-refractivity contribution in [2.75, 3.05) is 0 Å². The van der Waals surface area contributed by atoms with Gasteiger partial charge in [-0.05, 0) is 157 Å². The summed E-state index contributed by atoms with van der Waals surface area (Å²) < 4.78 is 13.8. The Kier molecular flexibility index (Phi) is 13.5. The first-order valence-corrected chi connectivity index (χ1v) is 38.7. The molecule has 5 heterocycles. The summed E-state index contributed by atoms with van der Waals surface area (Å²) in [6, 6.07) is 117. The van der Waals surface area contributed by atoms with Crippen molar-refractivity contribution >= 4 is 80.1 Å². The molecule has 13 aromatic carbocycles. The second kappa shape index (κ2) is 22.6. The number of pyridine rings is 1. The van der Waals surface area contributed by atoms with Crippen molar-refractivity contribution in [2.24, 2.45) is 0 Å². The van der Waals surface area contributed by atoms with Gasteiger partial charge in [0.1, 0.15) is 33.5 Å². The molecule has 2 aliphatic heterocycles. The summed E-state index contributed by atoms with van der Waals surface area (Å²) in [6.45, 7) is 11.9. The van der Waals surface area contributed by atoms with E-state index in [0.29, 0.717) is 5.75 Å². The van der Waals surface area contributed by atoms with Gasteiger partial charge >= 0.3 is 0 Å². The second-order valence-electron chi connectivity index (χ2n) is 27.4. The predicted molar refractivity (Wildman–Crippen MR) is 408 cm³/mol. The normalized spacial score (nSPS) is 13.4. The topological polar surface area (TPSA) is 35.9 Å². The summed E-state index contributed by atoms with van der Waals surface area (Å²) in [6.07, 6.45) is 5.99. The van der Waals surface area contributed by atoms with Crippen LogP contribution in [0.2, 0.25) is 13.1 Å². The number of hydrogen-bond donors (Lipinski definition) is 0. The van der Waals surface area contributed by atoms with Gasteiger partial charge < -0.3 is 4.74 Å². The second-order valence-corrected chi connectivity index (χ2v) is 35.2. The lowest BCUT2D eigenvalue weighted by Crippen LogP contribution is -2.65. The molecule has 0 N–H and O–H groups in total. The Hall–Kier alpha value is -11.5. The van der Waals surface area contributed by atoms with Crippen molar-refractivity contribution in [2.45, 2.75) is 39.3 Å². The summed E-state index contributed by atoms with van der Waals surface area (Å²) in [5.41, 5.74) is 22.2. The molecule has 7 heteroatoms. The third kappa shape index (κ3) is 9.24. The number of fused-ring (bicyclic) bond motifs is 14. The molecule has 18 rings (SSSR count). The molecule has 97 heavy (non-hydrogen) atoms. The SMILES string of the molecule is CC(C)(C)c1ccnc(-n2c3ccccc3c3ccc(Oc4cccc(-n5[c-][n+](-c6c(-c7cccc([Si]8(C)c9ccccc9-c9ccccc9-c9ccccc98)c7)cccc6-c6cccc([Si]7(C)c8ccccc8-c8ccccc8-c8ccccc87)c6)c6ccccc65)c4)cc32)c1. The van der Waals surface area contributed by atoms with Crippen LogP contribution < -0.4 is 40.4 Å². The van der Waals surface area contributed by atoms with Crippen LogP contribution in [0.1, 0.15) is 26.3 Å². The van der Waals surface area contributed by atoms with E-state index in [-0.39, 0.29) is 5.41 Å². The van der Waals surface area contributed by atoms with E-state index in [9.17, 15) is 0 Å². The number of imidazole rings is 1. The molecule has 3 aromatic heterocycles. The average Bonchev–Trinajstić information content (AvgIpc) is 1.65. The van der Waals surface area contributed by atoms with Crippen LogP contribution in [0.5, 0.6) is 11.5 Å². The fraction of sp³-hybridized carbons (Fsp3) is 0.0667. The molecule has 5 nitrogen and oxygen atoms in total. The minimum absolute atomic E-state index is 0.0455.